The third kappa shape index (κ3) is 8.14. The van der Waals surface area contributed by atoms with Gasteiger partial charge in [0.25, 0.3) is 0 Å². The number of nitriles is 1. The van der Waals surface area contributed by atoms with Gasteiger partial charge in [0.1, 0.15) is 28.7 Å². The van der Waals surface area contributed by atoms with Crippen LogP contribution in [0, 0.1) is 24.2 Å². The summed E-state index contributed by atoms with van der Waals surface area (Å²) in [6.07, 6.45) is 3.11. The van der Waals surface area contributed by atoms with E-state index in [2.05, 4.69) is 67.8 Å². The summed E-state index contributed by atoms with van der Waals surface area (Å²) in [4.78, 5) is 25.8. The van der Waals surface area contributed by atoms with E-state index in [0.717, 1.165) is 87.1 Å². The molecule has 0 aliphatic carbocycles. The van der Waals surface area contributed by atoms with E-state index >= 15 is 0 Å². The van der Waals surface area contributed by atoms with Gasteiger partial charge in [-0.1, -0.05) is 24.6 Å². The van der Waals surface area contributed by atoms with Gasteiger partial charge >= 0.3 is 6.18 Å². The second-order valence-corrected chi connectivity index (χ2v) is 15.0. The molecular formula is C37H45F3N8OS. The lowest BCUT2D eigenvalue weighted by atomic mass is 9.94. The smallest absolute Gasteiger partial charge is 0.368 e. The number of rotatable bonds is 10. The number of amides is 1. The summed E-state index contributed by atoms with van der Waals surface area (Å²) in [7, 11) is 0. The molecule has 0 bridgehead atoms. The Kier molecular flexibility index (Phi) is 10.8. The van der Waals surface area contributed by atoms with Crippen LogP contribution in [0.5, 0.6) is 0 Å². The maximum absolute atomic E-state index is 13.0. The Morgan fingerprint density at radius 1 is 1.14 bits per heavy atom. The maximum Gasteiger partial charge on any atom is 0.393 e. The quantitative estimate of drug-likeness (QED) is 0.172. The zero-order chi connectivity index (χ0) is 35.6. The van der Waals surface area contributed by atoms with Crippen molar-refractivity contribution >= 4 is 44.2 Å². The van der Waals surface area contributed by atoms with Crippen molar-refractivity contribution in [3.63, 3.8) is 0 Å². The Labute approximate surface area is 295 Å². The Bertz CT molecular complexity index is 1920. The number of aryl methyl sites for hydroxylation is 1. The molecule has 4 aromatic rings. The van der Waals surface area contributed by atoms with Crippen LogP contribution in [0.2, 0.25) is 0 Å². The largest absolute Gasteiger partial charge is 0.393 e. The number of halogens is 3. The molecule has 1 amide bonds. The Morgan fingerprint density at radius 3 is 2.64 bits per heavy atom. The molecule has 0 spiro atoms. The number of benzene rings is 1. The van der Waals surface area contributed by atoms with E-state index in [0.29, 0.717) is 28.3 Å². The lowest BCUT2D eigenvalue weighted by molar-refractivity contribution is -0.126. The monoisotopic (exact) mass is 706 g/mol. The van der Waals surface area contributed by atoms with Crippen LogP contribution in [0.15, 0.2) is 42.2 Å². The number of alkyl halides is 3. The van der Waals surface area contributed by atoms with E-state index in [-0.39, 0.29) is 28.8 Å². The number of primary amides is 1. The average Bonchev–Trinajstić information content (AvgIpc) is 3.63. The van der Waals surface area contributed by atoms with E-state index in [9.17, 15) is 23.2 Å². The van der Waals surface area contributed by atoms with Gasteiger partial charge < -0.3 is 15.6 Å². The molecule has 1 aromatic carbocycles. The minimum Gasteiger partial charge on any atom is -0.368 e. The fraction of sp³-hybridized carbons (Fsp3) is 0.514. The molecule has 5 heterocycles. The predicted molar refractivity (Wildman–Crippen MR) is 192 cm³/mol. The van der Waals surface area contributed by atoms with Crippen molar-refractivity contribution in [2.24, 2.45) is 11.7 Å². The van der Waals surface area contributed by atoms with Crippen molar-refractivity contribution in [3.05, 3.63) is 63.9 Å². The third-order valence-electron chi connectivity index (χ3n) is 10.5. The van der Waals surface area contributed by atoms with Crippen molar-refractivity contribution in [2.45, 2.75) is 90.6 Å². The van der Waals surface area contributed by atoms with Gasteiger partial charge in [-0.15, -0.1) is 11.3 Å². The maximum atomic E-state index is 13.0. The highest BCUT2D eigenvalue weighted by Gasteiger charge is 2.29. The number of hydrogen-bond acceptors (Lipinski definition) is 8. The fourth-order valence-corrected chi connectivity index (χ4v) is 8.46. The van der Waals surface area contributed by atoms with Gasteiger partial charge in [0.2, 0.25) is 5.91 Å². The van der Waals surface area contributed by atoms with Crippen molar-refractivity contribution in [2.75, 3.05) is 31.5 Å². The topological polar surface area (TPSA) is 116 Å². The number of carbonyl (C=O) groups excluding carboxylic acids is 1. The van der Waals surface area contributed by atoms with Gasteiger partial charge in [0.15, 0.2) is 0 Å². The summed E-state index contributed by atoms with van der Waals surface area (Å²) in [5.41, 5.74) is 11.1. The predicted octanol–water partition coefficient (Wildman–Crippen LogP) is 6.93. The highest BCUT2D eigenvalue weighted by Crippen LogP contribution is 2.34. The number of nitrogens with zero attached hydrogens (tertiary/aromatic N) is 6. The van der Waals surface area contributed by atoms with Crippen LogP contribution in [0.25, 0.3) is 21.1 Å². The molecule has 3 aromatic heterocycles. The molecule has 1 unspecified atom stereocenters. The molecule has 2 atom stereocenters. The second kappa shape index (κ2) is 15.1. The number of aromatic nitrogens is 3. The van der Waals surface area contributed by atoms with Gasteiger partial charge in [-0.3, -0.25) is 14.6 Å². The molecule has 2 aliphatic rings. The summed E-state index contributed by atoms with van der Waals surface area (Å²) < 4.78 is 41.1. The highest BCUT2D eigenvalue weighted by atomic mass is 32.1. The normalized spacial score (nSPS) is 18.4. The lowest BCUT2D eigenvalue weighted by Crippen LogP contribution is -2.44. The number of anilines is 1. The molecule has 50 heavy (non-hydrogen) atoms. The molecule has 1 fully saturated rings. The first kappa shape index (κ1) is 35.8. The first-order chi connectivity index (χ1) is 23.9. The highest BCUT2D eigenvalue weighted by molar-refractivity contribution is 7.18. The molecule has 6 rings (SSSR count). The molecule has 1 saturated heterocycles. The van der Waals surface area contributed by atoms with Crippen LogP contribution in [-0.4, -0.2) is 74.7 Å². The number of thiophene rings is 1. The molecule has 0 radical (unpaired) electrons. The van der Waals surface area contributed by atoms with E-state index in [1.54, 1.807) is 6.07 Å². The van der Waals surface area contributed by atoms with Gasteiger partial charge in [0, 0.05) is 54.5 Å². The number of fused-ring (bicyclic) bond motifs is 2. The van der Waals surface area contributed by atoms with Gasteiger partial charge in [-0.05, 0) is 87.7 Å². The number of carbonyl (C=O) groups is 1. The third-order valence-corrected chi connectivity index (χ3v) is 11.5. The minimum atomic E-state index is -4.26. The number of likely N-dealkylation sites (tertiary alicyclic amines) is 1. The van der Waals surface area contributed by atoms with E-state index in [1.807, 2.05) is 13.0 Å². The Balaban J connectivity index is 1.09. The number of hydrogen-bond donors (Lipinski definition) is 2. The molecule has 2 aliphatic heterocycles. The average molecular weight is 707 g/mol. The SMILES string of the molecule is Cc1c(CN2CCC(Nc3ncnc4sc(CC(F)(F)F)cc34)CC2)ccc2c1cc(C#N)n2C[C@H](C)C1=CCCCN(C(C)C(N)=O)CC1. The molecule has 9 nitrogen and oxygen atoms in total. The summed E-state index contributed by atoms with van der Waals surface area (Å²) in [5.74, 6) is 0.538. The first-order valence-corrected chi connectivity index (χ1v) is 18.2. The van der Waals surface area contributed by atoms with Gasteiger partial charge in [0.05, 0.1) is 17.8 Å². The number of piperidine rings is 1. The summed E-state index contributed by atoms with van der Waals surface area (Å²) in [6, 6.07) is 10.2. The van der Waals surface area contributed by atoms with Crippen LogP contribution in [0.4, 0.5) is 19.0 Å². The van der Waals surface area contributed by atoms with E-state index < -0.39 is 12.6 Å². The Morgan fingerprint density at radius 2 is 1.92 bits per heavy atom. The molecule has 0 saturated carbocycles. The van der Waals surface area contributed by atoms with Crippen LogP contribution in [0.3, 0.4) is 0 Å². The van der Waals surface area contributed by atoms with Gasteiger partial charge in [-0.25, -0.2) is 9.97 Å². The second-order valence-electron chi connectivity index (χ2n) is 13.9. The van der Waals surface area contributed by atoms with Crippen molar-refractivity contribution < 1.29 is 18.0 Å². The van der Waals surface area contributed by atoms with E-state index in [4.69, 9.17) is 5.73 Å². The van der Waals surface area contributed by atoms with Crippen LogP contribution in [-0.2, 0) is 24.3 Å². The number of allylic oxidation sites excluding steroid dienone is 1. The van der Waals surface area contributed by atoms with Crippen molar-refractivity contribution in [1.29, 1.82) is 5.26 Å². The van der Waals surface area contributed by atoms with Crippen molar-refractivity contribution in [3.8, 4) is 6.07 Å². The number of nitrogens with one attached hydrogen (secondary N) is 1. The summed E-state index contributed by atoms with van der Waals surface area (Å²) in [5, 5.41) is 15.4. The number of nitrogens with two attached hydrogens (primary N) is 1. The molecule has 13 heteroatoms. The molecule has 3 N–H and O–H groups in total. The van der Waals surface area contributed by atoms with Crippen LogP contribution in [0.1, 0.15) is 67.6 Å². The van der Waals surface area contributed by atoms with Gasteiger partial charge in [-0.2, -0.15) is 18.4 Å². The molecular weight excluding hydrogens is 662 g/mol. The van der Waals surface area contributed by atoms with Crippen LogP contribution < -0.4 is 11.1 Å². The minimum absolute atomic E-state index is 0.163. The first-order valence-electron chi connectivity index (χ1n) is 17.4. The van der Waals surface area contributed by atoms with Crippen molar-refractivity contribution in [1.82, 2.24) is 24.3 Å². The zero-order valence-electron chi connectivity index (χ0n) is 28.9. The summed E-state index contributed by atoms with van der Waals surface area (Å²) in [6.45, 7) is 11.1. The summed E-state index contributed by atoms with van der Waals surface area (Å²) >= 11 is 1.06. The Hall–Kier alpha value is -3.99. The fourth-order valence-electron chi connectivity index (χ4n) is 7.43. The molecule has 266 valence electrons. The van der Waals surface area contributed by atoms with E-state index in [1.165, 1.54) is 23.0 Å². The standard InChI is InChI=1S/C37H45F3N8OS/c1-23(26-6-4-5-12-47(15-9-26)25(3)34(42)49)20-48-29(19-41)16-31-24(2)27(7-8-33(31)48)21-46-13-10-28(11-14-46)45-35-32-17-30(18-37(38,39)40)50-36(32)44-22-43-35/h6-8,16-17,22-23,25,28H,4-5,9-15,18,20-21H2,1-3H3,(H2,42,49)(H,43,44,45)/t23-,25?/m0/s1. The zero-order valence-corrected chi connectivity index (χ0v) is 29.7. The lowest BCUT2D eigenvalue weighted by Gasteiger charge is -2.33. The van der Waals surface area contributed by atoms with Crippen LogP contribution >= 0.6 is 11.3 Å².